The molecule has 3 heteroatoms. The maximum atomic E-state index is 5.57. The molecule has 0 aliphatic heterocycles. The molecule has 86 valence electrons. The first-order chi connectivity index (χ1) is 7.83. The Hall–Kier alpha value is -1.66. The molecule has 0 saturated carbocycles. The molecule has 0 aliphatic rings. The van der Waals surface area contributed by atoms with Crippen LogP contribution in [0, 0.1) is 12.3 Å². The summed E-state index contributed by atoms with van der Waals surface area (Å²) in [5.74, 6) is 4.08. The van der Waals surface area contributed by atoms with Crippen molar-refractivity contribution in [3.8, 4) is 23.8 Å². The first kappa shape index (κ1) is 12.4. The van der Waals surface area contributed by atoms with Gasteiger partial charge in [-0.2, -0.15) is 0 Å². The molecule has 0 radical (unpaired) electrons. The lowest BCUT2D eigenvalue weighted by Crippen LogP contribution is -2.14. The fraction of sp³-hybridized carbons (Fsp3) is 0.385. The summed E-state index contributed by atoms with van der Waals surface area (Å²) in [6.45, 7) is 3.78. The molecule has 0 unspecified atom stereocenters. The van der Waals surface area contributed by atoms with E-state index in [4.69, 9.17) is 15.9 Å². The van der Waals surface area contributed by atoms with E-state index in [0.29, 0.717) is 19.7 Å². The summed E-state index contributed by atoms with van der Waals surface area (Å²) in [6, 6.07) is 5.82. The average Bonchev–Trinajstić information content (AvgIpc) is 2.31. The summed E-state index contributed by atoms with van der Waals surface area (Å²) in [5.41, 5.74) is 1.05. The number of methoxy groups -OCH3 is 1. The van der Waals surface area contributed by atoms with Gasteiger partial charge in [0.05, 0.1) is 20.3 Å². The van der Waals surface area contributed by atoms with E-state index in [1.807, 2.05) is 25.1 Å². The monoisotopic (exact) mass is 219 g/mol. The Morgan fingerprint density at radius 3 is 2.88 bits per heavy atom. The van der Waals surface area contributed by atoms with Gasteiger partial charge in [0.15, 0.2) is 11.5 Å². The Kier molecular flexibility index (Phi) is 5.24. The van der Waals surface area contributed by atoms with Crippen molar-refractivity contribution in [3.05, 3.63) is 23.8 Å². The van der Waals surface area contributed by atoms with E-state index < -0.39 is 0 Å². The van der Waals surface area contributed by atoms with Crippen LogP contribution in [0.3, 0.4) is 0 Å². The minimum Gasteiger partial charge on any atom is -0.493 e. The molecule has 1 N–H and O–H groups in total. The van der Waals surface area contributed by atoms with Crippen LogP contribution in [-0.4, -0.2) is 20.3 Å². The van der Waals surface area contributed by atoms with E-state index in [1.54, 1.807) is 7.11 Å². The molecule has 0 amide bonds. The van der Waals surface area contributed by atoms with Crippen molar-refractivity contribution in [2.24, 2.45) is 0 Å². The van der Waals surface area contributed by atoms with E-state index in [-0.39, 0.29) is 0 Å². The van der Waals surface area contributed by atoms with Gasteiger partial charge in [0.1, 0.15) is 0 Å². The number of ether oxygens (including phenoxy) is 2. The van der Waals surface area contributed by atoms with E-state index in [2.05, 4.69) is 11.2 Å². The summed E-state index contributed by atoms with van der Waals surface area (Å²) >= 11 is 0. The molecule has 0 fully saturated rings. The van der Waals surface area contributed by atoms with Gasteiger partial charge in [-0.15, -0.1) is 6.42 Å². The Labute approximate surface area is 96.8 Å². The van der Waals surface area contributed by atoms with Gasteiger partial charge in [0, 0.05) is 12.1 Å². The number of para-hydroxylation sites is 1. The number of nitrogens with one attached hydrogen (secondary N) is 1. The molecular weight excluding hydrogens is 202 g/mol. The van der Waals surface area contributed by atoms with E-state index in [9.17, 15) is 0 Å². The Bertz CT molecular complexity index is 369. The molecule has 1 aromatic carbocycles. The normalized spacial score (nSPS) is 9.56. The molecule has 0 aliphatic carbocycles. The number of terminal acetylenes is 1. The fourth-order valence-electron chi connectivity index (χ4n) is 1.44. The van der Waals surface area contributed by atoms with Gasteiger partial charge in [-0.3, -0.25) is 0 Å². The molecule has 1 rings (SSSR count). The first-order valence-electron chi connectivity index (χ1n) is 5.26. The standard InChI is InChI=1S/C13H17NO2/c1-4-9-14-10-11-7-6-8-12(15-3)13(11)16-5-2/h1,6-8,14H,5,9-10H2,2-3H3. The summed E-state index contributed by atoms with van der Waals surface area (Å²) in [5, 5.41) is 3.13. The van der Waals surface area contributed by atoms with Crippen LogP contribution < -0.4 is 14.8 Å². The van der Waals surface area contributed by atoms with Gasteiger partial charge < -0.3 is 14.8 Å². The SMILES string of the molecule is C#CCNCc1cccc(OC)c1OCC. The zero-order valence-electron chi connectivity index (χ0n) is 9.75. The van der Waals surface area contributed by atoms with Crippen molar-refractivity contribution >= 4 is 0 Å². The molecular formula is C13H17NO2. The van der Waals surface area contributed by atoms with Crippen LogP contribution >= 0.6 is 0 Å². The molecule has 0 saturated heterocycles. The smallest absolute Gasteiger partial charge is 0.165 e. The average molecular weight is 219 g/mol. The summed E-state index contributed by atoms with van der Waals surface area (Å²) < 4.78 is 10.8. The van der Waals surface area contributed by atoms with Gasteiger partial charge in [0.2, 0.25) is 0 Å². The van der Waals surface area contributed by atoms with Gasteiger partial charge in [-0.1, -0.05) is 18.1 Å². The van der Waals surface area contributed by atoms with Crippen molar-refractivity contribution < 1.29 is 9.47 Å². The third-order valence-corrected chi connectivity index (χ3v) is 2.11. The molecule has 3 nitrogen and oxygen atoms in total. The predicted molar refractivity (Wildman–Crippen MR) is 64.7 cm³/mol. The number of rotatable bonds is 6. The van der Waals surface area contributed by atoms with Gasteiger partial charge in [-0.25, -0.2) is 0 Å². The second kappa shape index (κ2) is 6.76. The number of benzene rings is 1. The highest BCUT2D eigenvalue weighted by molar-refractivity contribution is 5.46. The van der Waals surface area contributed by atoms with E-state index >= 15 is 0 Å². The van der Waals surface area contributed by atoms with Crippen LogP contribution in [0.5, 0.6) is 11.5 Å². The predicted octanol–water partition coefficient (Wildman–Crippen LogP) is 1.82. The molecule has 1 aromatic rings. The first-order valence-corrected chi connectivity index (χ1v) is 5.26. The van der Waals surface area contributed by atoms with Crippen molar-refractivity contribution in [3.63, 3.8) is 0 Å². The molecule has 0 aromatic heterocycles. The second-order valence-electron chi connectivity index (χ2n) is 3.19. The molecule has 0 spiro atoms. The highest BCUT2D eigenvalue weighted by atomic mass is 16.5. The lowest BCUT2D eigenvalue weighted by molar-refractivity contribution is 0.307. The topological polar surface area (TPSA) is 30.5 Å². The van der Waals surface area contributed by atoms with Crippen LogP contribution in [0.25, 0.3) is 0 Å². The van der Waals surface area contributed by atoms with Crippen molar-refractivity contribution in [2.45, 2.75) is 13.5 Å². The van der Waals surface area contributed by atoms with Crippen molar-refractivity contribution in [1.82, 2.24) is 5.32 Å². The van der Waals surface area contributed by atoms with Crippen molar-refractivity contribution in [2.75, 3.05) is 20.3 Å². The molecule has 0 bridgehead atoms. The van der Waals surface area contributed by atoms with Crippen LogP contribution in [0.4, 0.5) is 0 Å². The lowest BCUT2D eigenvalue weighted by Gasteiger charge is -2.13. The zero-order valence-corrected chi connectivity index (χ0v) is 9.75. The summed E-state index contributed by atoms with van der Waals surface area (Å²) in [6.07, 6.45) is 5.18. The molecule has 0 atom stereocenters. The van der Waals surface area contributed by atoms with Crippen LogP contribution in [-0.2, 0) is 6.54 Å². The number of hydrogen-bond donors (Lipinski definition) is 1. The summed E-state index contributed by atoms with van der Waals surface area (Å²) in [7, 11) is 1.64. The Balaban J connectivity index is 2.84. The minimum absolute atomic E-state index is 0.544. The lowest BCUT2D eigenvalue weighted by atomic mass is 10.2. The largest absolute Gasteiger partial charge is 0.493 e. The van der Waals surface area contributed by atoms with E-state index in [1.165, 1.54) is 0 Å². The third kappa shape index (κ3) is 3.18. The van der Waals surface area contributed by atoms with Crippen molar-refractivity contribution in [1.29, 1.82) is 0 Å². The molecule has 0 heterocycles. The van der Waals surface area contributed by atoms with Gasteiger partial charge in [-0.05, 0) is 13.0 Å². The maximum Gasteiger partial charge on any atom is 0.165 e. The van der Waals surface area contributed by atoms with Crippen LogP contribution in [0.2, 0.25) is 0 Å². The fourth-order valence-corrected chi connectivity index (χ4v) is 1.44. The number of hydrogen-bond acceptors (Lipinski definition) is 3. The van der Waals surface area contributed by atoms with Crippen LogP contribution in [0.1, 0.15) is 12.5 Å². The maximum absolute atomic E-state index is 5.57. The summed E-state index contributed by atoms with van der Waals surface area (Å²) in [4.78, 5) is 0. The highest BCUT2D eigenvalue weighted by Gasteiger charge is 2.09. The van der Waals surface area contributed by atoms with E-state index in [0.717, 1.165) is 17.1 Å². The minimum atomic E-state index is 0.544. The second-order valence-corrected chi connectivity index (χ2v) is 3.19. The van der Waals surface area contributed by atoms with Gasteiger partial charge in [0.25, 0.3) is 0 Å². The highest BCUT2D eigenvalue weighted by Crippen LogP contribution is 2.30. The third-order valence-electron chi connectivity index (χ3n) is 2.11. The zero-order chi connectivity index (χ0) is 11.8. The van der Waals surface area contributed by atoms with Crippen LogP contribution in [0.15, 0.2) is 18.2 Å². The van der Waals surface area contributed by atoms with Gasteiger partial charge >= 0.3 is 0 Å². The Morgan fingerprint density at radius 2 is 2.25 bits per heavy atom. The quantitative estimate of drug-likeness (QED) is 0.584. The Morgan fingerprint density at radius 1 is 1.44 bits per heavy atom. The molecule has 16 heavy (non-hydrogen) atoms.